The number of nitrogens with zero attached hydrogens (tertiary/aromatic N) is 3. The van der Waals surface area contributed by atoms with Crippen molar-refractivity contribution in [1.29, 1.82) is 0 Å². The van der Waals surface area contributed by atoms with Crippen LogP contribution in [-0.4, -0.2) is 49.3 Å². The van der Waals surface area contributed by atoms with Gasteiger partial charge in [-0.1, -0.05) is 31.7 Å². The summed E-state index contributed by atoms with van der Waals surface area (Å²) in [6.07, 6.45) is 2.24. The Hall–Kier alpha value is -2.55. The fraction of sp³-hybridized carbons (Fsp3) is 0.545. The van der Waals surface area contributed by atoms with E-state index in [1.54, 1.807) is 12.1 Å². The first kappa shape index (κ1) is 21.7. The largest absolute Gasteiger partial charge is 0.493 e. The smallest absolute Gasteiger partial charge is 0.258 e. The van der Waals surface area contributed by atoms with Crippen molar-refractivity contribution in [2.45, 2.75) is 50.7 Å². The standard InChI is InChI=1S/C22H28N4O4S/c1-13(2)6-7-16-20(29)23-22(24-21(16)30)31-12-19(28)25-9-14-8-15(11-25)17-4-3-5-18(27)26(17)10-14/h3-5,13-15H,6-12H2,1-2H3,(H2,23,24,29,30). The molecule has 9 heteroatoms. The molecule has 2 aromatic heterocycles. The molecule has 2 aromatic rings. The van der Waals surface area contributed by atoms with Crippen molar-refractivity contribution >= 4 is 17.7 Å². The highest BCUT2D eigenvalue weighted by molar-refractivity contribution is 7.99. The molecule has 0 radical (unpaired) electrons. The Balaban J connectivity index is 1.40. The van der Waals surface area contributed by atoms with Crippen LogP contribution in [0.25, 0.3) is 0 Å². The van der Waals surface area contributed by atoms with Gasteiger partial charge >= 0.3 is 0 Å². The molecule has 1 fully saturated rings. The molecule has 31 heavy (non-hydrogen) atoms. The van der Waals surface area contributed by atoms with Crippen LogP contribution in [0.2, 0.25) is 0 Å². The molecule has 0 spiro atoms. The molecule has 8 nitrogen and oxygen atoms in total. The van der Waals surface area contributed by atoms with Crippen molar-refractivity contribution < 1.29 is 9.90 Å². The second-order valence-corrected chi connectivity index (χ2v) is 9.86. The summed E-state index contributed by atoms with van der Waals surface area (Å²) in [7, 11) is 0. The highest BCUT2D eigenvalue weighted by Crippen LogP contribution is 2.35. The molecule has 4 rings (SSSR count). The van der Waals surface area contributed by atoms with Gasteiger partial charge in [-0.2, -0.15) is 4.98 Å². The van der Waals surface area contributed by atoms with Crippen molar-refractivity contribution in [2.24, 2.45) is 11.8 Å². The predicted molar refractivity (Wildman–Crippen MR) is 119 cm³/mol. The number of pyridine rings is 1. The number of thioether (sulfide) groups is 1. The number of H-pyrrole nitrogens is 1. The second-order valence-electron chi connectivity index (χ2n) is 8.89. The van der Waals surface area contributed by atoms with Gasteiger partial charge in [0.25, 0.3) is 11.1 Å². The molecule has 1 saturated heterocycles. The number of rotatable bonds is 6. The number of hydrogen-bond donors (Lipinski definition) is 2. The number of amides is 1. The third-order valence-electron chi connectivity index (χ3n) is 6.11. The molecular formula is C22H28N4O4S. The van der Waals surface area contributed by atoms with Crippen LogP contribution >= 0.6 is 11.8 Å². The first-order chi connectivity index (χ1) is 14.8. The Labute approximate surface area is 184 Å². The van der Waals surface area contributed by atoms with E-state index in [4.69, 9.17) is 0 Å². The van der Waals surface area contributed by atoms with Crippen LogP contribution in [0.5, 0.6) is 5.88 Å². The number of likely N-dealkylation sites (tertiary alicyclic amines) is 1. The molecule has 166 valence electrons. The Bertz CT molecular complexity index is 1090. The van der Waals surface area contributed by atoms with Crippen molar-refractivity contribution in [3.63, 3.8) is 0 Å². The Morgan fingerprint density at radius 3 is 2.84 bits per heavy atom. The number of carbonyl (C=O) groups excluding carboxylic acids is 1. The lowest BCUT2D eigenvalue weighted by atomic mass is 9.83. The van der Waals surface area contributed by atoms with E-state index in [2.05, 4.69) is 23.8 Å². The number of aromatic nitrogens is 3. The van der Waals surface area contributed by atoms with E-state index >= 15 is 0 Å². The first-order valence-corrected chi connectivity index (χ1v) is 11.7. The number of nitrogens with one attached hydrogen (secondary N) is 1. The summed E-state index contributed by atoms with van der Waals surface area (Å²) in [5, 5.41) is 10.4. The summed E-state index contributed by atoms with van der Waals surface area (Å²) in [6.45, 7) is 5.96. The van der Waals surface area contributed by atoms with Gasteiger partial charge in [0.1, 0.15) is 0 Å². The molecular weight excluding hydrogens is 416 g/mol. The van der Waals surface area contributed by atoms with Crippen molar-refractivity contribution in [3.8, 4) is 5.88 Å². The van der Waals surface area contributed by atoms with Crippen LogP contribution < -0.4 is 11.1 Å². The number of piperidine rings is 1. The number of aromatic hydroxyl groups is 1. The average Bonchev–Trinajstić information content (AvgIpc) is 2.72. The number of hydrogen-bond acceptors (Lipinski definition) is 6. The fourth-order valence-electron chi connectivity index (χ4n) is 4.51. The lowest BCUT2D eigenvalue weighted by molar-refractivity contribution is -0.131. The van der Waals surface area contributed by atoms with E-state index in [0.717, 1.165) is 30.3 Å². The van der Waals surface area contributed by atoms with Crippen molar-refractivity contribution in [3.05, 3.63) is 50.2 Å². The third kappa shape index (κ3) is 4.71. The van der Waals surface area contributed by atoms with Crippen LogP contribution in [0, 0.1) is 11.8 Å². The topological polar surface area (TPSA) is 108 Å². The van der Waals surface area contributed by atoms with Gasteiger partial charge in [-0.3, -0.25) is 14.4 Å². The Morgan fingerprint density at radius 2 is 2.10 bits per heavy atom. The minimum absolute atomic E-state index is 0.0224. The van der Waals surface area contributed by atoms with Gasteiger partial charge < -0.3 is 19.6 Å². The zero-order valence-corrected chi connectivity index (χ0v) is 18.7. The second kappa shape index (κ2) is 8.90. The summed E-state index contributed by atoms with van der Waals surface area (Å²) in [4.78, 5) is 45.9. The third-order valence-corrected chi connectivity index (χ3v) is 6.97. The zero-order chi connectivity index (χ0) is 22.1. The van der Waals surface area contributed by atoms with E-state index in [9.17, 15) is 19.5 Å². The minimum atomic E-state index is -0.349. The average molecular weight is 445 g/mol. The van der Waals surface area contributed by atoms with Gasteiger partial charge in [-0.15, -0.1) is 0 Å². The molecule has 0 aliphatic carbocycles. The molecule has 2 unspecified atom stereocenters. The van der Waals surface area contributed by atoms with Crippen LogP contribution in [0.4, 0.5) is 0 Å². The van der Waals surface area contributed by atoms with Crippen LogP contribution in [-0.2, 0) is 17.8 Å². The van der Waals surface area contributed by atoms with Gasteiger partial charge in [0.15, 0.2) is 5.16 Å². The fourth-order valence-corrected chi connectivity index (χ4v) is 5.27. The monoisotopic (exact) mass is 444 g/mol. The highest BCUT2D eigenvalue weighted by atomic mass is 32.2. The molecule has 2 bridgehead atoms. The van der Waals surface area contributed by atoms with E-state index in [-0.39, 0.29) is 45.7 Å². The summed E-state index contributed by atoms with van der Waals surface area (Å²) < 4.78 is 1.84. The van der Waals surface area contributed by atoms with E-state index in [1.807, 2.05) is 15.5 Å². The molecule has 2 atom stereocenters. The number of fused-ring (bicyclic) bond motifs is 4. The van der Waals surface area contributed by atoms with Gasteiger partial charge in [0, 0.05) is 37.3 Å². The summed E-state index contributed by atoms with van der Waals surface area (Å²) in [6, 6.07) is 5.34. The maximum Gasteiger partial charge on any atom is 0.258 e. The van der Waals surface area contributed by atoms with Gasteiger partial charge in [0.05, 0.1) is 11.3 Å². The van der Waals surface area contributed by atoms with E-state index in [1.165, 1.54) is 0 Å². The van der Waals surface area contributed by atoms with Crippen LogP contribution in [0.15, 0.2) is 32.9 Å². The van der Waals surface area contributed by atoms with Crippen molar-refractivity contribution in [2.75, 3.05) is 18.8 Å². The lowest BCUT2D eigenvalue weighted by Crippen LogP contribution is -2.49. The SMILES string of the molecule is CC(C)CCc1c(O)nc(SCC(=O)N2CC3CC(C2)c2cccc(=O)n2C3)[nH]c1=O. The van der Waals surface area contributed by atoms with Crippen LogP contribution in [0.3, 0.4) is 0 Å². The quantitative estimate of drug-likeness (QED) is 0.521. The molecule has 2 aliphatic heterocycles. The van der Waals surface area contributed by atoms with Gasteiger partial charge in [0.2, 0.25) is 11.8 Å². The Morgan fingerprint density at radius 1 is 1.29 bits per heavy atom. The maximum atomic E-state index is 12.8. The lowest BCUT2D eigenvalue weighted by Gasteiger charge is -2.42. The summed E-state index contributed by atoms with van der Waals surface area (Å²) in [5.41, 5.74) is 0.968. The molecule has 4 heterocycles. The maximum absolute atomic E-state index is 12.8. The predicted octanol–water partition coefficient (Wildman–Crippen LogP) is 1.96. The van der Waals surface area contributed by atoms with E-state index < -0.39 is 0 Å². The summed E-state index contributed by atoms with van der Waals surface area (Å²) in [5.74, 6) is 0.695. The Kier molecular flexibility index (Phi) is 6.22. The normalized spacial score (nSPS) is 20.0. The molecule has 2 N–H and O–H groups in total. The van der Waals surface area contributed by atoms with E-state index in [0.29, 0.717) is 37.5 Å². The van der Waals surface area contributed by atoms with Crippen molar-refractivity contribution in [1.82, 2.24) is 19.4 Å². The number of aromatic amines is 1. The minimum Gasteiger partial charge on any atom is -0.493 e. The molecule has 0 saturated carbocycles. The number of carbonyl (C=O) groups is 1. The van der Waals surface area contributed by atoms with Gasteiger partial charge in [-0.05, 0) is 37.2 Å². The summed E-state index contributed by atoms with van der Waals surface area (Å²) >= 11 is 1.13. The molecule has 2 aliphatic rings. The zero-order valence-electron chi connectivity index (χ0n) is 17.8. The van der Waals surface area contributed by atoms with Crippen LogP contribution in [0.1, 0.15) is 43.9 Å². The molecule has 1 amide bonds. The highest BCUT2D eigenvalue weighted by Gasteiger charge is 2.36. The first-order valence-electron chi connectivity index (χ1n) is 10.7. The molecule has 0 aromatic carbocycles. The van der Waals surface area contributed by atoms with Gasteiger partial charge in [-0.25, -0.2) is 0 Å².